The largest absolute Gasteiger partial charge is 0.465 e. The van der Waals surface area contributed by atoms with Crippen molar-refractivity contribution < 1.29 is 19.1 Å². The van der Waals surface area contributed by atoms with E-state index >= 15 is 0 Å². The summed E-state index contributed by atoms with van der Waals surface area (Å²) < 4.78 is 13.6. The fourth-order valence-corrected chi connectivity index (χ4v) is 1.63. The van der Waals surface area contributed by atoms with Gasteiger partial charge in [0.05, 0.1) is 0 Å². The van der Waals surface area contributed by atoms with Crippen LogP contribution in [-0.2, 0) is 4.79 Å². The molecule has 2 unspecified atom stereocenters. The highest BCUT2D eigenvalue weighted by Crippen LogP contribution is 2.31. The van der Waals surface area contributed by atoms with E-state index in [0.717, 1.165) is 4.90 Å². The molecule has 1 aliphatic heterocycles. The molecule has 0 aliphatic carbocycles. The van der Waals surface area contributed by atoms with Gasteiger partial charge in [0.25, 0.3) is 0 Å². The second kappa shape index (κ2) is 3.32. The van der Waals surface area contributed by atoms with Crippen molar-refractivity contribution in [2.45, 2.75) is 25.6 Å². The Kier molecular flexibility index (Phi) is 2.54. The molecular weight excluding hydrogens is 177 g/mol. The normalized spacial score (nSPS) is 34.3. The average Bonchev–Trinajstić information content (AvgIpc) is 2.01. The fourth-order valence-electron chi connectivity index (χ4n) is 1.63. The molecule has 1 fully saturated rings. The lowest BCUT2D eigenvalue weighted by molar-refractivity contribution is -0.118. The first-order chi connectivity index (χ1) is 5.97. The third kappa shape index (κ3) is 1.96. The summed E-state index contributed by atoms with van der Waals surface area (Å²) in [5.74, 6) is -2.26. The number of nitrogens with zero attached hydrogens (tertiary/aromatic N) is 1. The monoisotopic (exact) mass is 189 g/mol. The number of hydrogen-bond donors (Lipinski definition) is 1. The zero-order valence-electron chi connectivity index (χ0n) is 7.36. The van der Waals surface area contributed by atoms with Gasteiger partial charge in [-0.15, -0.1) is 0 Å². The Bertz CT molecular complexity index is 229. The van der Waals surface area contributed by atoms with Crippen molar-refractivity contribution in [1.82, 2.24) is 4.90 Å². The molecule has 0 aromatic rings. The van der Waals surface area contributed by atoms with Crippen LogP contribution in [0.4, 0.5) is 9.18 Å². The molecule has 0 bridgehead atoms. The van der Waals surface area contributed by atoms with Gasteiger partial charge >= 0.3 is 6.09 Å². The molecule has 13 heavy (non-hydrogen) atoms. The van der Waals surface area contributed by atoms with Crippen molar-refractivity contribution in [2.75, 3.05) is 6.54 Å². The van der Waals surface area contributed by atoms with Crippen LogP contribution in [0.15, 0.2) is 0 Å². The zero-order valence-corrected chi connectivity index (χ0v) is 7.36. The standard InChI is InChI=1S/C8H12FNO3/c1-8(9)4-6(5-11)2-3-10(8)7(12)13/h5-6H,2-4H2,1H3,(H,12,13). The van der Waals surface area contributed by atoms with Crippen LogP contribution in [0.5, 0.6) is 0 Å². The molecule has 1 heterocycles. The maximum atomic E-state index is 13.6. The van der Waals surface area contributed by atoms with Crippen molar-refractivity contribution in [1.29, 1.82) is 0 Å². The summed E-state index contributed by atoms with van der Waals surface area (Å²) in [6.45, 7) is 1.28. The van der Waals surface area contributed by atoms with Gasteiger partial charge in [0, 0.05) is 18.9 Å². The van der Waals surface area contributed by atoms with Crippen LogP contribution in [0.2, 0.25) is 0 Å². The van der Waals surface area contributed by atoms with Crippen molar-refractivity contribution >= 4 is 12.4 Å². The Morgan fingerprint density at radius 2 is 2.38 bits per heavy atom. The number of halogens is 1. The van der Waals surface area contributed by atoms with Crippen LogP contribution in [0.3, 0.4) is 0 Å². The van der Waals surface area contributed by atoms with Crippen LogP contribution in [0.25, 0.3) is 0 Å². The van der Waals surface area contributed by atoms with Crippen LogP contribution in [0, 0.1) is 5.92 Å². The van der Waals surface area contributed by atoms with Gasteiger partial charge in [-0.3, -0.25) is 4.90 Å². The Morgan fingerprint density at radius 1 is 1.77 bits per heavy atom. The molecule has 1 N–H and O–H groups in total. The maximum absolute atomic E-state index is 13.6. The molecule has 1 aliphatic rings. The van der Waals surface area contributed by atoms with E-state index in [1.807, 2.05) is 0 Å². The third-order valence-corrected chi connectivity index (χ3v) is 2.34. The molecule has 0 saturated carbocycles. The van der Waals surface area contributed by atoms with Crippen LogP contribution in [-0.4, -0.2) is 34.7 Å². The van der Waals surface area contributed by atoms with E-state index in [-0.39, 0.29) is 18.9 Å². The molecule has 0 aromatic carbocycles. The smallest absolute Gasteiger partial charge is 0.409 e. The quantitative estimate of drug-likeness (QED) is 0.499. The lowest BCUT2D eigenvalue weighted by Crippen LogP contribution is -2.51. The van der Waals surface area contributed by atoms with Gasteiger partial charge in [0.15, 0.2) is 5.79 Å². The summed E-state index contributed by atoms with van der Waals surface area (Å²) >= 11 is 0. The topological polar surface area (TPSA) is 57.6 Å². The second-order valence-electron chi connectivity index (χ2n) is 3.47. The minimum Gasteiger partial charge on any atom is -0.465 e. The number of hydrogen-bond acceptors (Lipinski definition) is 2. The molecule has 5 heteroatoms. The molecule has 0 radical (unpaired) electrons. The number of piperidine rings is 1. The molecule has 74 valence electrons. The minimum atomic E-state index is -1.91. The lowest BCUT2D eigenvalue weighted by Gasteiger charge is -2.38. The summed E-state index contributed by atoms with van der Waals surface area (Å²) in [6.07, 6.45) is -0.205. The predicted molar refractivity (Wildman–Crippen MR) is 43.0 cm³/mol. The van der Waals surface area contributed by atoms with E-state index < -0.39 is 11.9 Å². The summed E-state index contributed by atoms with van der Waals surface area (Å²) in [7, 11) is 0. The van der Waals surface area contributed by atoms with Gasteiger partial charge in [0.2, 0.25) is 0 Å². The SMILES string of the molecule is CC1(F)CC(C=O)CCN1C(=O)O. The summed E-state index contributed by atoms with van der Waals surface area (Å²) in [4.78, 5) is 21.7. The number of aldehydes is 1. The highest BCUT2D eigenvalue weighted by atomic mass is 19.1. The van der Waals surface area contributed by atoms with Crippen LogP contribution in [0.1, 0.15) is 19.8 Å². The Hall–Kier alpha value is -1.13. The van der Waals surface area contributed by atoms with E-state index in [1.54, 1.807) is 0 Å². The molecule has 4 nitrogen and oxygen atoms in total. The van der Waals surface area contributed by atoms with Crippen molar-refractivity contribution in [2.24, 2.45) is 5.92 Å². The first-order valence-electron chi connectivity index (χ1n) is 4.12. The van der Waals surface area contributed by atoms with Crippen LogP contribution < -0.4 is 0 Å². The molecule has 1 saturated heterocycles. The van der Waals surface area contributed by atoms with Gasteiger partial charge in [-0.25, -0.2) is 9.18 Å². The Balaban J connectivity index is 2.72. The first-order valence-corrected chi connectivity index (χ1v) is 4.12. The molecular formula is C8H12FNO3. The van der Waals surface area contributed by atoms with E-state index in [9.17, 15) is 14.0 Å². The van der Waals surface area contributed by atoms with Crippen molar-refractivity contribution in [3.63, 3.8) is 0 Å². The Morgan fingerprint density at radius 3 is 2.77 bits per heavy atom. The van der Waals surface area contributed by atoms with Gasteiger partial charge in [-0.05, 0) is 13.3 Å². The number of alkyl halides is 1. The Labute approximate surface area is 75.3 Å². The maximum Gasteiger partial charge on any atom is 0.409 e. The number of carboxylic acid groups (broad SMARTS) is 1. The number of carbonyl (C=O) groups excluding carboxylic acids is 1. The van der Waals surface area contributed by atoms with E-state index in [0.29, 0.717) is 12.7 Å². The highest BCUT2D eigenvalue weighted by Gasteiger charge is 2.41. The van der Waals surface area contributed by atoms with Gasteiger partial charge in [-0.1, -0.05) is 0 Å². The minimum absolute atomic E-state index is 0.0389. The lowest BCUT2D eigenvalue weighted by atomic mass is 9.91. The van der Waals surface area contributed by atoms with Gasteiger partial charge in [0.1, 0.15) is 6.29 Å². The predicted octanol–water partition coefficient (Wildman–Crippen LogP) is 1.26. The number of rotatable bonds is 1. The van der Waals surface area contributed by atoms with E-state index in [4.69, 9.17) is 5.11 Å². The van der Waals surface area contributed by atoms with Gasteiger partial charge < -0.3 is 9.90 Å². The number of likely N-dealkylation sites (tertiary alicyclic amines) is 1. The molecule has 2 atom stereocenters. The number of amides is 1. The average molecular weight is 189 g/mol. The molecule has 0 spiro atoms. The summed E-state index contributed by atoms with van der Waals surface area (Å²) in [5, 5.41) is 8.63. The van der Waals surface area contributed by atoms with Crippen molar-refractivity contribution in [3.05, 3.63) is 0 Å². The summed E-state index contributed by atoms with van der Waals surface area (Å²) in [5.41, 5.74) is 0. The highest BCUT2D eigenvalue weighted by molar-refractivity contribution is 5.66. The zero-order chi connectivity index (χ0) is 10.1. The van der Waals surface area contributed by atoms with E-state index in [1.165, 1.54) is 6.92 Å². The van der Waals surface area contributed by atoms with E-state index in [2.05, 4.69) is 0 Å². The summed E-state index contributed by atoms with van der Waals surface area (Å²) in [6, 6.07) is 0. The molecule has 1 amide bonds. The fraction of sp³-hybridized carbons (Fsp3) is 0.750. The molecule has 0 aromatic heterocycles. The van der Waals surface area contributed by atoms with Crippen LogP contribution >= 0.6 is 0 Å². The first kappa shape index (κ1) is 9.95. The van der Waals surface area contributed by atoms with Gasteiger partial charge in [-0.2, -0.15) is 0 Å². The second-order valence-corrected chi connectivity index (χ2v) is 3.47. The van der Waals surface area contributed by atoms with Crippen molar-refractivity contribution in [3.8, 4) is 0 Å². The third-order valence-electron chi connectivity index (χ3n) is 2.34. The molecule has 1 rings (SSSR count). The number of carbonyl (C=O) groups is 2.